The Morgan fingerprint density at radius 2 is 2.00 bits per heavy atom. The summed E-state index contributed by atoms with van der Waals surface area (Å²) in [6, 6.07) is 11.6. The Hall–Kier alpha value is -1.03. The van der Waals surface area contributed by atoms with Gasteiger partial charge in [0.15, 0.2) is 0 Å². The number of hydrogen-bond acceptors (Lipinski definition) is 2. The lowest BCUT2D eigenvalue weighted by Gasteiger charge is -2.17. The van der Waals surface area contributed by atoms with Crippen molar-refractivity contribution in [3.8, 4) is 5.75 Å². The van der Waals surface area contributed by atoms with Crippen LogP contribution in [0.15, 0.2) is 40.9 Å². The third-order valence-corrected chi connectivity index (χ3v) is 4.05. The molecule has 2 aromatic carbocycles. The number of aryl methyl sites for hydroxylation is 1. The van der Waals surface area contributed by atoms with Gasteiger partial charge in [-0.2, -0.15) is 0 Å². The maximum Gasteiger partial charge on any atom is 0.122 e. The van der Waals surface area contributed by atoms with E-state index in [0.717, 1.165) is 26.9 Å². The zero-order valence-electron chi connectivity index (χ0n) is 11.5. The van der Waals surface area contributed by atoms with Crippen LogP contribution in [-0.4, -0.2) is 7.11 Å². The number of ether oxygens (including phenoxy) is 1. The number of methoxy groups -OCH3 is 1. The first kappa shape index (κ1) is 15.4. The molecule has 1 atom stereocenters. The number of halogens is 2. The first-order valence-corrected chi connectivity index (χ1v) is 7.52. The molecule has 0 saturated carbocycles. The zero-order valence-corrected chi connectivity index (χ0v) is 13.8. The minimum Gasteiger partial charge on any atom is -0.496 e. The molecule has 2 rings (SSSR count). The molecule has 0 heterocycles. The van der Waals surface area contributed by atoms with Crippen molar-refractivity contribution in [2.75, 3.05) is 7.11 Å². The highest BCUT2D eigenvalue weighted by Crippen LogP contribution is 2.29. The SMILES string of the molecule is COc1ccc(Br)cc1CC(N)c1cc(Cl)ccc1C. The van der Waals surface area contributed by atoms with Crippen LogP contribution in [0.3, 0.4) is 0 Å². The van der Waals surface area contributed by atoms with Crippen molar-refractivity contribution in [1.82, 2.24) is 0 Å². The van der Waals surface area contributed by atoms with Crippen molar-refractivity contribution in [3.05, 3.63) is 62.6 Å². The van der Waals surface area contributed by atoms with Gasteiger partial charge in [-0.15, -0.1) is 0 Å². The van der Waals surface area contributed by atoms with Gasteiger partial charge < -0.3 is 10.5 Å². The monoisotopic (exact) mass is 353 g/mol. The Bertz CT molecular complexity index is 615. The fourth-order valence-corrected chi connectivity index (χ4v) is 2.85. The van der Waals surface area contributed by atoms with Crippen molar-refractivity contribution in [1.29, 1.82) is 0 Å². The number of rotatable bonds is 4. The molecule has 0 aliphatic heterocycles. The van der Waals surface area contributed by atoms with Gasteiger partial charge in [0.2, 0.25) is 0 Å². The molecule has 0 amide bonds. The van der Waals surface area contributed by atoms with Gasteiger partial charge in [-0.25, -0.2) is 0 Å². The molecule has 2 aromatic rings. The predicted molar refractivity (Wildman–Crippen MR) is 87.5 cm³/mol. The predicted octanol–water partition coefficient (Wildman–Crippen LogP) is 4.66. The maximum absolute atomic E-state index is 6.34. The molecule has 2 N–H and O–H groups in total. The van der Waals surface area contributed by atoms with E-state index in [9.17, 15) is 0 Å². The van der Waals surface area contributed by atoms with E-state index in [1.165, 1.54) is 0 Å². The summed E-state index contributed by atoms with van der Waals surface area (Å²) in [5.74, 6) is 0.850. The van der Waals surface area contributed by atoms with E-state index in [-0.39, 0.29) is 6.04 Å². The van der Waals surface area contributed by atoms with Gasteiger partial charge in [0.1, 0.15) is 5.75 Å². The normalized spacial score (nSPS) is 12.2. The Balaban J connectivity index is 2.29. The average Bonchev–Trinajstić information content (AvgIpc) is 2.41. The van der Waals surface area contributed by atoms with Gasteiger partial charge in [0, 0.05) is 15.5 Å². The van der Waals surface area contributed by atoms with E-state index < -0.39 is 0 Å². The van der Waals surface area contributed by atoms with Gasteiger partial charge in [0.05, 0.1) is 7.11 Å². The maximum atomic E-state index is 6.34. The van der Waals surface area contributed by atoms with Crippen LogP contribution in [0, 0.1) is 6.92 Å². The fourth-order valence-electron chi connectivity index (χ4n) is 2.26. The summed E-state index contributed by atoms with van der Waals surface area (Å²) < 4.78 is 6.41. The first-order chi connectivity index (χ1) is 9.51. The highest BCUT2D eigenvalue weighted by molar-refractivity contribution is 9.10. The molecule has 0 aromatic heterocycles. The van der Waals surface area contributed by atoms with Gasteiger partial charge in [-0.1, -0.05) is 33.6 Å². The van der Waals surface area contributed by atoms with Crippen LogP contribution in [0.2, 0.25) is 5.02 Å². The highest BCUT2D eigenvalue weighted by Gasteiger charge is 2.13. The van der Waals surface area contributed by atoms with E-state index in [1.807, 2.05) is 43.3 Å². The number of hydrogen-bond donors (Lipinski definition) is 1. The third-order valence-electron chi connectivity index (χ3n) is 3.32. The molecule has 0 aliphatic rings. The quantitative estimate of drug-likeness (QED) is 0.866. The molecule has 0 aliphatic carbocycles. The lowest BCUT2D eigenvalue weighted by molar-refractivity contribution is 0.408. The molecule has 0 bridgehead atoms. The summed E-state index contributed by atoms with van der Waals surface area (Å²) in [5, 5.41) is 0.710. The van der Waals surface area contributed by atoms with Crippen molar-refractivity contribution in [2.24, 2.45) is 5.73 Å². The minimum atomic E-state index is -0.114. The van der Waals surface area contributed by atoms with E-state index >= 15 is 0 Å². The van der Waals surface area contributed by atoms with Gasteiger partial charge in [-0.3, -0.25) is 0 Å². The first-order valence-electron chi connectivity index (χ1n) is 6.35. The Labute approximate surface area is 133 Å². The standard InChI is InChI=1S/C16H17BrClNO/c1-10-3-5-13(18)9-14(10)15(19)8-11-7-12(17)4-6-16(11)20-2/h3-7,9,15H,8,19H2,1-2H3. The van der Waals surface area contributed by atoms with Crippen LogP contribution in [0.1, 0.15) is 22.7 Å². The van der Waals surface area contributed by atoms with Crippen LogP contribution >= 0.6 is 27.5 Å². The largest absolute Gasteiger partial charge is 0.496 e. The zero-order chi connectivity index (χ0) is 14.7. The molecule has 0 saturated heterocycles. The number of benzene rings is 2. The van der Waals surface area contributed by atoms with Gasteiger partial charge >= 0.3 is 0 Å². The molecular formula is C16H17BrClNO. The second-order valence-corrected chi connectivity index (χ2v) is 6.12. The van der Waals surface area contributed by atoms with Crippen LogP contribution in [0.4, 0.5) is 0 Å². The van der Waals surface area contributed by atoms with Crippen molar-refractivity contribution >= 4 is 27.5 Å². The van der Waals surface area contributed by atoms with Crippen molar-refractivity contribution < 1.29 is 4.74 Å². The molecule has 0 radical (unpaired) electrons. The highest BCUT2D eigenvalue weighted by atomic mass is 79.9. The lowest BCUT2D eigenvalue weighted by atomic mass is 9.96. The summed E-state index contributed by atoms with van der Waals surface area (Å²) in [5.41, 5.74) is 9.64. The number of nitrogens with two attached hydrogens (primary N) is 1. The molecule has 20 heavy (non-hydrogen) atoms. The molecule has 106 valence electrons. The van der Waals surface area contributed by atoms with Crippen molar-refractivity contribution in [2.45, 2.75) is 19.4 Å². The summed E-state index contributed by atoms with van der Waals surface area (Å²) in [6.07, 6.45) is 0.698. The van der Waals surface area contributed by atoms with Crippen molar-refractivity contribution in [3.63, 3.8) is 0 Å². The van der Waals surface area contributed by atoms with Crippen LogP contribution in [0.25, 0.3) is 0 Å². The molecule has 0 spiro atoms. The van der Waals surface area contributed by atoms with Crippen LogP contribution in [0.5, 0.6) is 5.75 Å². The average molecular weight is 355 g/mol. The molecule has 0 fully saturated rings. The molecule has 1 unspecified atom stereocenters. The molecule has 2 nitrogen and oxygen atoms in total. The van der Waals surface area contributed by atoms with E-state index in [2.05, 4.69) is 15.9 Å². The fraction of sp³-hybridized carbons (Fsp3) is 0.250. The molecule has 4 heteroatoms. The summed E-state index contributed by atoms with van der Waals surface area (Å²) in [6.45, 7) is 2.05. The Kier molecular flexibility index (Phi) is 5.08. The van der Waals surface area contributed by atoms with E-state index in [4.69, 9.17) is 22.1 Å². The summed E-state index contributed by atoms with van der Waals surface area (Å²) in [4.78, 5) is 0. The summed E-state index contributed by atoms with van der Waals surface area (Å²) in [7, 11) is 1.67. The second kappa shape index (κ2) is 6.61. The smallest absolute Gasteiger partial charge is 0.122 e. The van der Waals surface area contributed by atoms with Crippen LogP contribution in [-0.2, 0) is 6.42 Å². The Morgan fingerprint density at radius 1 is 1.25 bits per heavy atom. The van der Waals surface area contributed by atoms with Gasteiger partial charge in [-0.05, 0) is 60.4 Å². The minimum absolute atomic E-state index is 0.114. The van der Waals surface area contributed by atoms with Gasteiger partial charge in [0.25, 0.3) is 0 Å². The molecular weight excluding hydrogens is 338 g/mol. The Morgan fingerprint density at radius 3 is 2.70 bits per heavy atom. The third kappa shape index (κ3) is 3.54. The summed E-state index contributed by atoms with van der Waals surface area (Å²) >= 11 is 9.54. The van der Waals surface area contributed by atoms with E-state index in [0.29, 0.717) is 11.4 Å². The van der Waals surface area contributed by atoms with E-state index in [1.54, 1.807) is 7.11 Å². The second-order valence-electron chi connectivity index (χ2n) is 4.77. The lowest BCUT2D eigenvalue weighted by Crippen LogP contribution is -2.15. The van der Waals surface area contributed by atoms with Crippen LogP contribution < -0.4 is 10.5 Å². The topological polar surface area (TPSA) is 35.2 Å².